The summed E-state index contributed by atoms with van der Waals surface area (Å²) in [5, 5.41) is 12.7. The molecule has 6 heteroatoms. The lowest BCUT2D eigenvalue weighted by Crippen LogP contribution is -2.43. The molecule has 1 atom stereocenters. The molecule has 0 heterocycles. The minimum Gasteiger partial charge on any atom is -0.491 e. The molecule has 0 bridgehead atoms. The molecule has 0 spiro atoms. The first-order valence-electron chi connectivity index (χ1n) is 6.38. The molecule has 0 fully saturated rings. The van der Waals surface area contributed by atoms with E-state index in [2.05, 4.69) is 5.32 Å². The fourth-order valence-electron chi connectivity index (χ4n) is 1.42. The van der Waals surface area contributed by atoms with Crippen LogP contribution in [-0.4, -0.2) is 36.8 Å². The molecule has 0 saturated carbocycles. The molecule has 1 amide bonds. The number of carbonyl (C=O) groups is 1. The maximum Gasteiger partial charge on any atom is 0.224 e. The molecule has 20 heavy (non-hydrogen) atoms. The van der Waals surface area contributed by atoms with Crippen LogP contribution in [0.15, 0.2) is 24.3 Å². The monoisotopic (exact) mass is 284 g/mol. The lowest BCUT2D eigenvalue weighted by atomic mass is 9.93. The first-order chi connectivity index (χ1) is 9.31. The number of aliphatic hydroxyl groups is 1. The molecule has 1 unspecified atom stereocenters. The number of amides is 1. The third kappa shape index (κ3) is 5.54. The minimum atomic E-state index is -0.733. The van der Waals surface area contributed by atoms with Crippen molar-refractivity contribution in [3.8, 4) is 5.75 Å². The fourth-order valence-corrected chi connectivity index (χ4v) is 1.42. The number of benzene rings is 1. The van der Waals surface area contributed by atoms with Crippen molar-refractivity contribution in [2.45, 2.75) is 20.0 Å². The SMILES string of the molecule is CC(C)(CNCC(O)COc1ccc(F)cc1)C(N)=O. The molecule has 0 radical (unpaired) electrons. The summed E-state index contributed by atoms with van der Waals surface area (Å²) in [6.45, 7) is 4.18. The van der Waals surface area contributed by atoms with Gasteiger partial charge in [0.1, 0.15) is 24.3 Å². The summed E-state index contributed by atoms with van der Waals surface area (Å²) >= 11 is 0. The van der Waals surface area contributed by atoms with Crippen LogP contribution in [0.5, 0.6) is 5.75 Å². The average molecular weight is 284 g/mol. The number of hydrogen-bond acceptors (Lipinski definition) is 4. The van der Waals surface area contributed by atoms with Crippen LogP contribution in [-0.2, 0) is 4.79 Å². The largest absolute Gasteiger partial charge is 0.491 e. The molecule has 1 aromatic rings. The summed E-state index contributed by atoms with van der Waals surface area (Å²) in [5.41, 5.74) is 4.57. The van der Waals surface area contributed by atoms with Gasteiger partial charge in [-0.1, -0.05) is 0 Å². The van der Waals surface area contributed by atoms with E-state index in [0.717, 1.165) is 0 Å². The summed E-state index contributed by atoms with van der Waals surface area (Å²) in [5.74, 6) is -0.252. The maximum absolute atomic E-state index is 12.7. The normalized spacial score (nSPS) is 13.0. The van der Waals surface area contributed by atoms with Gasteiger partial charge >= 0.3 is 0 Å². The lowest BCUT2D eigenvalue weighted by molar-refractivity contribution is -0.125. The summed E-state index contributed by atoms with van der Waals surface area (Å²) < 4.78 is 18.0. The Labute approximate surface area is 117 Å². The average Bonchev–Trinajstić information content (AvgIpc) is 2.37. The number of rotatable bonds is 8. The number of aliphatic hydroxyl groups excluding tert-OH is 1. The summed E-state index contributed by atoms with van der Waals surface area (Å²) in [4.78, 5) is 11.1. The van der Waals surface area contributed by atoms with Crippen LogP contribution < -0.4 is 15.8 Å². The van der Waals surface area contributed by atoms with Crippen molar-refractivity contribution < 1.29 is 19.0 Å². The van der Waals surface area contributed by atoms with Crippen LogP contribution in [0.1, 0.15) is 13.8 Å². The van der Waals surface area contributed by atoms with Gasteiger partial charge in [-0.05, 0) is 38.1 Å². The van der Waals surface area contributed by atoms with Gasteiger partial charge in [0.2, 0.25) is 5.91 Å². The van der Waals surface area contributed by atoms with Crippen LogP contribution >= 0.6 is 0 Å². The highest BCUT2D eigenvalue weighted by molar-refractivity contribution is 5.80. The van der Waals surface area contributed by atoms with E-state index in [0.29, 0.717) is 12.3 Å². The van der Waals surface area contributed by atoms with Crippen molar-refractivity contribution in [1.29, 1.82) is 0 Å². The van der Waals surface area contributed by atoms with Crippen LogP contribution in [0.4, 0.5) is 4.39 Å². The molecule has 0 aromatic heterocycles. The van der Waals surface area contributed by atoms with Crippen molar-refractivity contribution in [3.05, 3.63) is 30.1 Å². The van der Waals surface area contributed by atoms with Gasteiger partial charge in [0.05, 0.1) is 5.41 Å². The van der Waals surface area contributed by atoms with Gasteiger partial charge in [-0.2, -0.15) is 0 Å². The standard InChI is InChI=1S/C14H21FN2O3/c1-14(2,13(16)19)9-17-7-11(18)8-20-12-5-3-10(15)4-6-12/h3-6,11,17-18H,7-9H2,1-2H3,(H2,16,19). The number of nitrogens with one attached hydrogen (secondary N) is 1. The van der Waals surface area contributed by atoms with E-state index in [1.54, 1.807) is 13.8 Å². The highest BCUT2D eigenvalue weighted by Crippen LogP contribution is 2.12. The quantitative estimate of drug-likeness (QED) is 0.655. The predicted octanol–water partition coefficient (Wildman–Crippen LogP) is 0.667. The minimum absolute atomic E-state index is 0.0790. The van der Waals surface area contributed by atoms with Gasteiger partial charge in [-0.15, -0.1) is 0 Å². The van der Waals surface area contributed by atoms with E-state index in [-0.39, 0.29) is 19.0 Å². The Morgan fingerprint density at radius 2 is 2.05 bits per heavy atom. The van der Waals surface area contributed by atoms with E-state index in [4.69, 9.17) is 10.5 Å². The summed E-state index contributed by atoms with van der Waals surface area (Å²) in [6, 6.07) is 5.56. The highest BCUT2D eigenvalue weighted by Gasteiger charge is 2.24. The van der Waals surface area contributed by atoms with E-state index < -0.39 is 17.4 Å². The number of primary amides is 1. The lowest BCUT2D eigenvalue weighted by Gasteiger charge is -2.22. The second-order valence-electron chi connectivity index (χ2n) is 5.30. The van der Waals surface area contributed by atoms with Crippen molar-refractivity contribution in [3.63, 3.8) is 0 Å². The van der Waals surface area contributed by atoms with Crippen molar-refractivity contribution in [1.82, 2.24) is 5.32 Å². The smallest absolute Gasteiger partial charge is 0.224 e. The Bertz CT molecular complexity index is 435. The molecule has 1 aromatic carbocycles. The van der Waals surface area contributed by atoms with Crippen LogP contribution in [0.25, 0.3) is 0 Å². The molecule has 0 aliphatic heterocycles. The van der Waals surface area contributed by atoms with E-state index in [9.17, 15) is 14.3 Å². The Kier molecular flexibility index (Phi) is 5.91. The Morgan fingerprint density at radius 1 is 1.45 bits per heavy atom. The number of hydrogen-bond donors (Lipinski definition) is 3. The molecule has 4 N–H and O–H groups in total. The Balaban J connectivity index is 2.25. The van der Waals surface area contributed by atoms with E-state index >= 15 is 0 Å². The van der Waals surface area contributed by atoms with Crippen LogP contribution in [0, 0.1) is 11.2 Å². The van der Waals surface area contributed by atoms with E-state index in [1.165, 1.54) is 24.3 Å². The van der Waals surface area contributed by atoms with Crippen LogP contribution in [0.3, 0.4) is 0 Å². The second kappa shape index (κ2) is 7.21. The molecule has 112 valence electrons. The predicted molar refractivity (Wildman–Crippen MR) is 73.7 cm³/mol. The van der Waals surface area contributed by atoms with Crippen LogP contribution in [0.2, 0.25) is 0 Å². The van der Waals surface area contributed by atoms with Crippen molar-refractivity contribution in [2.24, 2.45) is 11.1 Å². The highest BCUT2D eigenvalue weighted by atomic mass is 19.1. The molecular weight excluding hydrogens is 263 g/mol. The van der Waals surface area contributed by atoms with Crippen molar-refractivity contribution >= 4 is 5.91 Å². The number of ether oxygens (including phenoxy) is 1. The zero-order chi connectivity index (χ0) is 15.2. The third-order valence-corrected chi connectivity index (χ3v) is 2.87. The Morgan fingerprint density at radius 3 is 2.60 bits per heavy atom. The zero-order valence-electron chi connectivity index (χ0n) is 11.7. The van der Waals surface area contributed by atoms with E-state index in [1.807, 2.05) is 0 Å². The topological polar surface area (TPSA) is 84.6 Å². The molecule has 1 rings (SSSR count). The van der Waals surface area contributed by atoms with Crippen molar-refractivity contribution in [2.75, 3.05) is 19.7 Å². The number of carbonyl (C=O) groups excluding carboxylic acids is 1. The fraction of sp³-hybridized carbons (Fsp3) is 0.500. The zero-order valence-corrected chi connectivity index (χ0v) is 11.7. The van der Waals surface area contributed by atoms with Gasteiger partial charge < -0.3 is 20.9 Å². The first-order valence-corrected chi connectivity index (χ1v) is 6.38. The van der Waals surface area contributed by atoms with Gasteiger partial charge in [0.15, 0.2) is 0 Å². The third-order valence-electron chi connectivity index (χ3n) is 2.87. The second-order valence-corrected chi connectivity index (χ2v) is 5.30. The molecular formula is C14H21FN2O3. The molecule has 5 nitrogen and oxygen atoms in total. The number of nitrogens with two attached hydrogens (primary N) is 1. The van der Waals surface area contributed by atoms with Gasteiger partial charge in [-0.25, -0.2) is 4.39 Å². The molecule has 0 saturated heterocycles. The van der Waals surface area contributed by atoms with Gasteiger partial charge in [-0.3, -0.25) is 4.79 Å². The Hall–Kier alpha value is -1.66. The molecule has 0 aliphatic carbocycles. The molecule has 0 aliphatic rings. The number of halogens is 1. The van der Waals surface area contributed by atoms with Gasteiger partial charge in [0, 0.05) is 13.1 Å². The summed E-state index contributed by atoms with van der Waals surface area (Å²) in [6.07, 6.45) is -0.733. The maximum atomic E-state index is 12.7. The summed E-state index contributed by atoms with van der Waals surface area (Å²) in [7, 11) is 0. The first kappa shape index (κ1) is 16.4. The van der Waals surface area contributed by atoms with Gasteiger partial charge in [0.25, 0.3) is 0 Å².